The molecule has 2 aromatic carbocycles. The molecule has 2 heterocycles. The molecule has 0 aliphatic carbocycles. The number of hydrogen-bond donors (Lipinski definition) is 5. The maximum atomic E-state index is 13.9. The van der Waals surface area contributed by atoms with Crippen LogP contribution in [0.2, 0.25) is 0 Å². The number of β-amino-alcohol motifs (C(OH)–C–C–N with tert-alkyl or cyclic N) is 1. The standard InChI is InChI=1S/C37H49FN6O6S/c1-22(24-9-11-25(12-10-24)32-23(2)41-21-51-32)42-35(48)30-18-27(45)19-44(30)36(49)33(37(3,4)5)43-31(46)20-50-16-8-6-7-15-40-26-13-14-28(34(39)47)29(38)17-26/h9-14,17,21-22,27,30,33,40,45H,6-8,15-16,18-20H2,1-5H3,(H2,39,47)(H,42,48)(H,43,46)/t22-,27?,30-,33+/m1/s1. The minimum atomic E-state index is -0.956. The lowest BCUT2D eigenvalue weighted by atomic mass is 9.85. The van der Waals surface area contributed by atoms with Crippen LogP contribution in [0.15, 0.2) is 48.0 Å². The van der Waals surface area contributed by atoms with E-state index < -0.39 is 47.1 Å². The Kier molecular flexibility index (Phi) is 13.7. The number of anilines is 1. The number of amides is 4. The van der Waals surface area contributed by atoms with Crippen molar-refractivity contribution in [2.24, 2.45) is 11.1 Å². The summed E-state index contributed by atoms with van der Waals surface area (Å²) >= 11 is 1.57. The number of aliphatic hydroxyl groups is 1. The van der Waals surface area contributed by atoms with Crippen molar-refractivity contribution < 1.29 is 33.4 Å². The molecule has 276 valence electrons. The molecule has 1 aromatic heterocycles. The van der Waals surface area contributed by atoms with Crippen LogP contribution in [0.3, 0.4) is 0 Å². The minimum Gasteiger partial charge on any atom is -0.391 e. The first kappa shape index (κ1) is 39.4. The van der Waals surface area contributed by atoms with Crippen LogP contribution in [0.5, 0.6) is 0 Å². The molecule has 1 saturated heterocycles. The molecule has 0 saturated carbocycles. The SMILES string of the molecule is Cc1ncsc1-c1ccc([C@@H](C)NC(=O)[C@H]2CC(O)CN2C(=O)[C@H](NC(=O)COCCCCCNc2ccc(C(N)=O)c(F)c2)C(C)(C)C)cc1. The molecule has 0 radical (unpaired) electrons. The zero-order valence-corrected chi connectivity index (χ0v) is 30.6. The van der Waals surface area contributed by atoms with E-state index in [0.29, 0.717) is 25.3 Å². The Morgan fingerprint density at radius 2 is 1.82 bits per heavy atom. The highest BCUT2D eigenvalue weighted by atomic mass is 32.1. The number of thiazole rings is 1. The summed E-state index contributed by atoms with van der Waals surface area (Å²) in [4.78, 5) is 58.2. The molecule has 6 N–H and O–H groups in total. The van der Waals surface area contributed by atoms with Gasteiger partial charge < -0.3 is 36.4 Å². The third-order valence-electron chi connectivity index (χ3n) is 8.82. The van der Waals surface area contributed by atoms with Gasteiger partial charge in [0.15, 0.2) is 0 Å². The van der Waals surface area contributed by atoms with E-state index in [4.69, 9.17) is 10.5 Å². The molecule has 4 atom stereocenters. The predicted octanol–water partition coefficient (Wildman–Crippen LogP) is 4.33. The second kappa shape index (κ2) is 17.7. The van der Waals surface area contributed by atoms with Crippen LogP contribution < -0.4 is 21.7 Å². The molecule has 1 fully saturated rings. The fraction of sp³-hybridized carbons (Fsp3) is 0.486. The van der Waals surface area contributed by atoms with Crippen molar-refractivity contribution in [1.29, 1.82) is 0 Å². The lowest BCUT2D eigenvalue weighted by molar-refractivity contribution is -0.144. The van der Waals surface area contributed by atoms with Gasteiger partial charge in [0.2, 0.25) is 17.7 Å². The molecular weight excluding hydrogens is 676 g/mol. The van der Waals surface area contributed by atoms with Gasteiger partial charge in [-0.1, -0.05) is 45.0 Å². The van der Waals surface area contributed by atoms with Crippen molar-refractivity contribution in [2.45, 2.75) is 84.5 Å². The number of carbonyl (C=O) groups is 4. The van der Waals surface area contributed by atoms with Crippen LogP contribution >= 0.6 is 11.3 Å². The highest BCUT2D eigenvalue weighted by Crippen LogP contribution is 2.29. The minimum absolute atomic E-state index is 0.0182. The average molecular weight is 725 g/mol. The number of halogens is 1. The molecule has 4 rings (SSSR count). The topological polar surface area (TPSA) is 176 Å². The number of unbranched alkanes of at least 4 members (excludes halogenated alkanes) is 2. The Labute approximate surface area is 302 Å². The number of carbonyl (C=O) groups excluding carboxylic acids is 4. The highest BCUT2D eigenvalue weighted by molar-refractivity contribution is 7.13. The molecule has 3 aromatic rings. The van der Waals surface area contributed by atoms with E-state index in [1.807, 2.05) is 64.4 Å². The van der Waals surface area contributed by atoms with Gasteiger partial charge >= 0.3 is 0 Å². The molecule has 0 spiro atoms. The molecule has 12 nitrogen and oxygen atoms in total. The van der Waals surface area contributed by atoms with Crippen molar-refractivity contribution in [1.82, 2.24) is 20.5 Å². The molecule has 51 heavy (non-hydrogen) atoms. The summed E-state index contributed by atoms with van der Waals surface area (Å²) in [5.41, 5.74) is 9.54. The van der Waals surface area contributed by atoms with Gasteiger partial charge in [0.05, 0.1) is 33.8 Å². The Morgan fingerprint density at radius 3 is 2.45 bits per heavy atom. The fourth-order valence-corrected chi connectivity index (χ4v) is 6.76. The molecule has 1 aliphatic rings. The van der Waals surface area contributed by atoms with E-state index in [9.17, 15) is 28.7 Å². The van der Waals surface area contributed by atoms with E-state index in [1.54, 1.807) is 17.4 Å². The highest BCUT2D eigenvalue weighted by Gasteiger charge is 2.44. The van der Waals surface area contributed by atoms with E-state index in [2.05, 4.69) is 20.9 Å². The van der Waals surface area contributed by atoms with Crippen LogP contribution in [0.4, 0.5) is 10.1 Å². The second-order valence-electron chi connectivity index (χ2n) is 14.0. The number of aryl methyl sites for hydroxylation is 1. The zero-order valence-electron chi connectivity index (χ0n) is 29.8. The number of rotatable bonds is 16. The van der Waals surface area contributed by atoms with Gasteiger partial charge in [-0.2, -0.15) is 0 Å². The van der Waals surface area contributed by atoms with Crippen molar-refractivity contribution >= 4 is 40.7 Å². The van der Waals surface area contributed by atoms with Crippen LogP contribution in [-0.4, -0.2) is 83.1 Å². The molecule has 14 heteroatoms. The maximum absolute atomic E-state index is 13.9. The van der Waals surface area contributed by atoms with Gasteiger partial charge in [0, 0.05) is 31.8 Å². The monoisotopic (exact) mass is 724 g/mol. The van der Waals surface area contributed by atoms with E-state index in [0.717, 1.165) is 34.5 Å². The van der Waals surface area contributed by atoms with Gasteiger partial charge in [0.25, 0.3) is 5.91 Å². The van der Waals surface area contributed by atoms with Gasteiger partial charge in [-0.15, -0.1) is 11.3 Å². The summed E-state index contributed by atoms with van der Waals surface area (Å²) in [6, 6.07) is 9.86. The van der Waals surface area contributed by atoms with Crippen molar-refractivity contribution in [3.05, 3.63) is 70.6 Å². The lowest BCUT2D eigenvalue weighted by Crippen LogP contribution is -2.58. The number of nitrogens with zero attached hydrogens (tertiary/aromatic N) is 2. The van der Waals surface area contributed by atoms with Crippen molar-refractivity contribution in [2.75, 3.05) is 31.6 Å². The molecular formula is C37H49FN6O6S. The van der Waals surface area contributed by atoms with Gasteiger partial charge in [-0.3, -0.25) is 19.2 Å². The Hall–Kier alpha value is -4.40. The van der Waals surface area contributed by atoms with Crippen LogP contribution in [0, 0.1) is 18.2 Å². The summed E-state index contributed by atoms with van der Waals surface area (Å²) in [7, 11) is 0. The van der Waals surface area contributed by atoms with Gasteiger partial charge in [0.1, 0.15) is 24.5 Å². The Morgan fingerprint density at radius 1 is 1.10 bits per heavy atom. The molecule has 1 unspecified atom stereocenters. The summed E-state index contributed by atoms with van der Waals surface area (Å²) in [5, 5.41) is 19.4. The van der Waals surface area contributed by atoms with Gasteiger partial charge in [-0.25, -0.2) is 9.37 Å². The zero-order chi connectivity index (χ0) is 37.3. The average Bonchev–Trinajstić information content (AvgIpc) is 3.69. The number of ether oxygens (including phenoxy) is 1. The summed E-state index contributed by atoms with van der Waals surface area (Å²) in [6.07, 6.45) is 1.46. The molecule has 1 aliphatic heterocycles. The van der Waals surface area contributed by atoms with E-state index in [1.165, 1.54) is 17.0 Å². The van der Waals surface area contributed by atoms with Crippen molar-refractivity contribution in [3.8, 4) is 10.4 Å². The van der Waals surface area contributed by atoms with Gasteiger partial charge in [-0.05, 0) is 67.9 Å². The first-order valence-corrected chi connectivity index (χ1v) is 18.0. The number of aliphatic hydroxyl groups excluding tert-OH is 1. The Bertz CT molecular complexity index is 1680. The lowest BCUT2D eigenvalue weighted by Gasteiger charge is -2.35. The molecule has 4 amide bonds. The van der Waals surface area contributed by atoms with Crippen molar-refractivity contribution in [3.63, 3.8) is 0 Å². The summed E-state index contributed by atoms with van der Waals surface area (Å²) < 4.78 is 19.5. The largest absolute Gasteiger partial charge is 0.391 e. The first-order chi connectivity index (χ1) is 24.1. The van der Waals surface area contributed by atoms with Crippen LogP contribution in [0.25, 0.3) is 10.4 Å². The number of primary amides is 1. The van der Waals surface area contributed by atoms with Crippen LogP contribution in [-0.2, 0) is 19.1 Å². The number of hydrogen-bond acceptors (Lipinski definition) is 9. The maximum Gasteiger partial charge on any atom is 0.251 e. The quantitative estimate of drug-likeness (QED) is 0.136. The third kappa shape index (κ3) is 10.8. The Balaban J connectivity index is 1.23. The van der Waals surface area contributed by atoms with E-state index in [-0.39, 0.29) is 37.1 Å². The number of nitrogens with one attached hydrogen (secondary N) is 3. The first-order valence-electron chi connectivity index (χ1n) is 17.2. The summed E-state index contributed by atoms with van der Waals surface area (Å²) in [5.74, 6) is -2.77. The second-order valence-corrected chi connectivity index (χ2v) is 14.8. The molecule has 0 bridgehead atoms. The van der Waals surface area contributed by atoms with E-state index >= 15 is 0 Å². The smallest absolute Gasteiger partial charge is 0.251 e. The summed E-state index contributed by atoms with van der Waals surface area (Å²) in [6.45, 7) is 9.96. The predicted molar refractivity (Wildman–Crippen MR) is 194 cm³/mol. The number of aromatic nitrogens is 1. The van der Waals surface area contributed by atoms with Crippen LogP contribution in [0.1, 0.15) is 81.0 Å². The number of nitrogens with two attached hydrogens (primary N) is 1. The third-order valence-corrected chi connectivity index (χ3v) is 9.80. The number of likely N-dealkylation sites (tertiary alicyclic amines) is 1. The number of benzene rings is 2. The normalized spacial score (nSPS) is 17.1. The fourth-order valence-electron chi connectivity index (χ4n) is 5.95.